The molecular formula is C23H41NO4Si. The minimum absolute atomic E-state index is 0.117. The third kappa shape index (κ3) is 5.11. The first-order valence-corrected chi connectivity index (χ1v) is 13.1. The number of aliphatic hydroxyl groups excluding tert-OH is 2. The van der Waals surface area contributed by atoms with Gasteiger partial charge in [0.1, 0.15) is 6.10 Å². The van der Waals surface area contributed by atoms with E-state index in [4.69, 9.17) is 9.16 Å². The fourth-order valence-electron chi connectivity index (χ4n) is 5.51. The number of likely N-dealkylation sites (tertiary alicyclic amines) is 1. The quantitative estimate of drug-likeness (QED) is 0.561. The summed E-state index contributed by atoms with van der Waals surface area (Å²) in [6.07, 6.45) is -1.26. The van der Waals surface area contributed by atoms with Crippen molar-refractivity contribution in [1.29, 1.82) is 0 Å². The number of rotatable bonds is 10. The smallest absolute Gasteiger partial charge is 0.200 e. The van der Waals surface area contributed by atoms with Crippen LogP contribution in [0.3, 0.4) is 0 Å². The van der Waals surface area contributed by atoms with E-state index in [0.717, 1.165) is 0 Å². The number of aliphatic hydroxyl groups is 2. The van der Waals surface area contributed by atoms with Gasteiger partial charge >= 0.3 is 0 Å². The van der Waals surface area contributed by atoms with Crippen LogP contribution in [0.25, 0.3) is 0 Å². The molecule has 2 rings (SSSR count). The van der Waals surface area contributed by atoms with Crippen LogP contribution in [0.4, 0.5) is 0 Å². The minimum Gasteiger partial charge on any atom is -0.409 e. The predicted octanol–water partition coefficient (Wildman–Crippen LogP) is 3.80. The van der Waals surface area contributed by atoms with Crippen LogP contribution in [0, 0.1) is 0 Å². The number of benzene rings is 1. The molecule has 2 N–H and O–H groups in total. The summed E-state index contributed by atoms with van der Waals surface area (Å²) in [7, 11) is -0.410. The lowest BCUT2D eigenvalue weighted by molar-refractivity contribution is -0.0486. The zero-order valence-corrected chi connectivity index (χ0v) is 20.2. The third-order valence-electron chi connectivity index (χ3n) is 6.68. The standard InChI is InChI=1S/C23H41NO4Si/c1-16(2)29(17(3)4,18(5)6)28-21-14-24(13-19-11-9-8-10-12-19)22(20(26)15-25)23(21)27-7/h8-12,16-18,20-23,25-26H,13-15H2,1-7H3/t20-,21+,22-,23-/m1/s1. The van der Waals surface area contributed by atoms with Gasteiger partial charge in [0.05, 0.1) is 24.9 Å². The lowest BCUT2D eigenvalue weighted by atomic mass is 10.0. The van der Waals surface area contributed by atoms with Crippen LogP contribution in [0.5, 0.6) is 0 Å². The first-order chi connectivity index (χ1) is 13.7. The molecule has 0 spiro atoms. The average Bonchev–Trinajstić information content (AvgIpc) is 3.01. The molecule has 4 atom stereocenters. The Balaban J connectivity index is 2.35. The van der Waals surface area contributed by atoms with E-state index < -0.39 is 14.4 Å². The molecule has 0 saturated carbocycles. The van der Waals surface area contributed by atoms with Crippen LogP contribution in [0.2, 0.25) is 16.6 Å². The predicted molar refractivity (Wildman–Crippen MR) is 120 cm³/mol. The Morgan fingerprint density at radius 1 is 1.03 bits per heavy atom. The zero-order valence-electron chi connectivity index (χ0n) is 19.2. The summed E-state index contributed by atoms with van der Waals surface area (Å²) < 4.78 is 13.0. The molecule has 1 aliphatic rings. The molecule has 5 nitrogen and oxygen atoms in total. The Labute approximate surface area is 178 Å². The maximum Gasteiger partial charge on any atom is 0.200 e. The number of nitrogens with zero attached hydrogens (tertiary/aromatic N) is 1. The van der Waals surface area contributed by atoms with E-state index in [9.17, 15) is 10.2 Å². The van der Waals surface area contributed by atoms with E-state index in [1.807, 2.05) is 18.2 Å². The fourth-order valence-corrected chi connectivity index (χ4v) is 11.1. The van der Waals surface area contributed by atoms with Crippen LogP contribution in [0.1, 0.15) is 47.1 Å². The Morgan fingerprint density at radius 2 is 1.59 bits per heavy atom. The lowest BCUT2D eigenvalue weighted by Crippen LogP contribution is -2.53. The van der Waals surface area contributed by atoms with Crippen LogP contribution < -0.4 is 0 Å². The second kappa shape index (κ2) is 10.5. The molecule has 29 heavy (non-hydrogen) atoms. The van der Waals surface area contributed by atoms with Crippen molar-refractivity contribution in [3.05, 3.63) is 35.9 Å². The van der Waals surface area contributed by atoms with Gasteiger partial charge in [0, 0.05) is 20.2 Å². The second-order valence-electron chi connectivity index (χ2n) is 9.33. The van der Waals surface area contributed by atoms with Gasteiger partial charge in [-0.3, -0.25) is 4.90 Å². The van der Waals surface area contributed by atoms with Gasteiger partial charge in [-0.15, -0.1) is 0 Å². The van der Waals surface area contributed by atoms with Gasteiger partial charge in [0.2, 0.25) is 8.32 Å². The maximum absolute atomic E-state index is 10.6. The maximum atomic E-state index is 10.6. The Bertz CT molecular complexity index is 588. The van der Waals surface area contributed by atoms with Crippen LogP contribution in [0.15, 0.2) is 30.3 Å². The average molecular weight is 424 g/mol. The minimum atomic E-state index is -2.10. The fraction of sp³-hybridized carbons (Fsp3) is 0.739. The van der Waals surface area contributed by atoms with Crippen molar-refractivity contribution in [2.45, 2.75) is 89.1 Å². The summed E-state index contributed by atoms with van der Waals surface area (Å²) in [6, 6.07) is 9.94. The van der Waals surface area contributed by atoms with Crippen molar-refractivity contribution in [2.24, 2.45) is 0 Å². The van der Waals surface area contributed by atoms with Crippen LogP contribution >= 0.6 is 0 Å². The van der Waals surface area contributed by atoms with Crippen molar-refractivity contribution >= 4 is 8.32 Å². The summed E-state index contributed by atoms with van der Waals surface area (Å²) in [5.41, 5.74) is 2.61. The van der Waals surface area contributed by atoms with Gasteiger partial charge in [-0.1, -0.05) is 71.9 Å². The lowest BCUT2D eigenvalue weighted by Gasteiger charge is -2.45. The molecule has 1 fully saturated rings. The SMILES string of the molecule is CO[C@H]1[C@@H]([C@H](O)CO)N(Cc2ccccc2)C[C@@H]1O[Si](C(C)C)(C(C)C)C(C)C. The highest BCUT2D eigenvalue weighted by molar-refractivity contribution is 6.77. The molecule has 1 heterocycles. The Morgan fingerprint density at radius 3 is 2.03 bits per heavy atom. The summed E-state index contributed by atoms with van der Waals surface area (Å²) in [4.78, 5) is 2.22. The van der Waals surface area contributed by atoms with Gasteiger partial charge < -0.3 is 19.4 Å². The molecule has 1 aliphatic heterocycles. The Hall–Kier alpha value is -0.763. The molecule has 0 bridgehead atoms. The highest BCUT2D eigenvalue weighted by Crippen LogP contribution is 2.44. The van der Waals surface area contributed by atoms with Gasteiger partial charge in [0.25, 0.3) is 0 Å². The molecule has 6 heteroatoms. The highest BCUT2D eigenvalue weighted by atomic mass is 28.4. The molecule has 1 aromatic carbocycles. The van der Waals surface area contributed by atoms with Crippen LogP contribution in [-0.2, 0) is 15.7 Å². The molecule has 0 radical (unpaired) electrons. The van der Waals surface area contributed by atoms with Gasteiger partial charge in [-0.2, -0.15) is 0 Å². The van der Waals surface area contributed by atoms with Gasteiger partial charge in [-0.25, -0.2) is 0 Å². The monoisotopic (exact) mass is 423 g/mol. The molecule has 0 aliphatic carbocycles. The van der Waals surface area contributed by atoms with E-state index in [-0.39, 0.29) is 24.9 Å². The van der Waals surface area contributed by atoms with Crippen LogP contribution in [-0.4, -0.2) is 68.0 Å². The molecule has 1 saturated heterocycles. The van der Waals surface area contributed by atoms with E-state index in [2.05, 4.69) is 58.6 Å². The van der Waals surface area contributed by atoms with Crippen molar-refractivity contribution in [1.82, 2.24) is 4.90 Å². The molecule has 0 unspecified atom stereocenters. The van der Waals surface area contributed by atoms with E-state index in [0.29, 0.717) is 29.7 Å². The van der Waals surface area contributed by atoms with Gasteiger partial charge in [0.15, 0.2) is 0 Å². The molecule has 1 aromatic rings. The number of hydrogen-bond acceptors (Lipinski definition) is 5. The van der Waals surface area contributed by atoms with E-state index in [1.165, 1.54) is 5.56 Å². The zero-order chi connectivity index (χ0) is 21.8. The topological polar surface area (TPSA) is 62.2 Å². The third-order valence-corrected chi connectivity index (χ3v) is 12.8. The van der Waals surface area contributed by atoms with Crippen molar-refractivity contribution < 1.29 is 19.4 Å². The van der Waals surface area contributed by atoms with E-state index in [1.54, 1.807) is 7.11 Å². The summed E-state index contributed by atoms with van der Waals surface area (Å²) in [5.74, 6) is 0. The Kier molecular flexibility index (Phi) is 8.88. The highest BCUT2D eigenvalue weighted by Gasteiger charge is 2.52. The summed E-state index contributed by atoms with van der Waals surface area (Å²) >= 11 is 0. The van der Waals surface area contributed by atoms with Crippen molar-refractivity contribution in [3.8, 4) is 0 Å². The second-order valence-corrected chi connectivity index (χ2v) is 14.7. The first-order valence-electron chi connectivity index (χ1n) is 11.0. The molecule has 166 valence electrons. The van der Waals surface area contributed by atoms with Gasteiger partial charge in [-0.05, 0) is 22.2 Å². The van der Waals surface area contributed by atoms with Crippen molar-refractivity contribution in [2.75, 3.05) is 20.3 Å². The molecule has 0 amide bonds. The number of methoxy groups -OCH3 is 1. The number of hydrogen-bond donors (Lipinski definition) is 2. The summed E-state index contributed by atoms with van der Waals surface area (Å²) in [6.45, 7) is 14.8. The molecule has 0 aromatic heterocycles. The number of ether oxygens (including phenoxy) is 1. The van der Waals surface area contributed by atoms with Crippen molar-refractivity contribution in [3.63, 3.8) is 0 Å². The largest absolute Gasteiger partial charge is 0.409 e. The van der Waals surface area contributed by atoms with E-state index >= 15 is 0 Å². The normalized spacial score (nSPS) is 24.8. The summed E-state index contributed by atoms with van der Waals surface area (Å²) in [5, 5.41) is 20.3. The molecular weight excluding hydrogens is 382 g/mol. The first kappa shape index (κ1) is 24.5.